The van der Waals surface area contributed by atoms with E-state index in [2.05, 4.69) is 10.6 Å². The molecule has 1 aliphatic rings. The Labute approximate surface area is 128 Å². The maximum absolute atomic E-state index is 11.8. The van der Waals surface area contributed by atoms with Crippen molar-refractivity contribution in [3.63, 3.8) is 0 Å². The van der Waals surface area contributed by atoms with E-state index >= 15 is 0 Å². The van der Waals surface area contributed by atoms with Crippen LogP contribution in [0.15, 0.2) is 0 Å². The first-order chi connectivity index (χ1) is 9.67. The summed E-state index contributed by atoms with van der Waals surface area (Å²) in [4.78, 5) is 11.8. The molecule has 3 atom stereocenters. The van der Waals surface area contributed by atoms with Gasteiger partial charge in [-0.05, 0) is 52.4 Å². The van der Waals surface area contributed by atoms with Crippen LogP contribution >= 0.6 is 0 Å². The number of alkyl carbamates (subject to hydrolysis) is 1. The van der Waals surface area contributed by atoms with Crippen molar-refractivity contribution in [3.05, 3.63) is 0 Å². The van der Waals surface area contributed by atoms with Crippen LogP contribution in [0.3, 0.4) is 0 Å². The summed E-state index contributed by atoms with van der Waals surface area (Å²) < 4.78 is 5.29. The summed E-state index contributed by atoms with van der Waals surface area (Å²) in [5.41, 5.74) is -0.461. The van der Waals surface area contributed by atoms with E-state index in [4.69, 9.17) is 4.74 Å². The Hall–Kier alpha value is -0.810. The van der Waals surface area contributed by atoms with Gasteiger partial charge in [-0.2, -0.15) is 0 Å². The highest BCUT2D eigenvalue weighted by Gasteiger charge is 2.25. The fraction of sp³-hybridized carbons (Fsp3) is 0.938. The summed E-state index contributed by atoms with van der Waals surface area (Å²) in [6.45, 7) is 10.2. The number of carbonyl (C=O) groups excluding carboxylic acids is 1. The highest BCUT2D eigenvalue weighted by molar-refractivity contribution is 5.68. The lowest BCUT2D eigenvalue weighted by Gasteiger charge is -2.32. The summed E-state index contributed by atoms with van der Waals surface area (Å²) >= 11 is 0. The van der Waals surface area contributed by atoms with Crippen LogP contribution in [-0.4, -0.2) is 41.5 Å². The molecule has 21 heavy (non-hydrogen) atoms. The summed E-state index contributed by atoms with van der Waals surface area (Å²) in [6.07, 6.45) is 3.40. The number of aliphatic hydroxyl groups is 1. The van der Waals surface area contributed by atoms with E-state index in [9.17, 15) is 9.90 Å². The van der Waals surface area contributed by atoms with Crippen molar-refractivity contribution in [3.8, 4) is 0 Å². The minimum atomic E-state index is -0.461. The van der Waals surface area contributed by atoms with Gasteiger partial charge in [-0.25, -0.2) is 4.79 Å². The van der Waals surface area contributed by atoms with Gasteiger partial charge in [-0.1, -0.05) is 13.8 Å². The Morgan fingerprint density at radius 1 is 1.29 bits per heavy atom. The zero-order valence-corrected chi connectivity index (χ0v) is 14.1. The molecule has 0 bridgehead atoms. The molecular formula is C16H32N2O3. The van der Waals surface area contributed by atoms with E-state index < -0.39 is 5.60 Å². The van der Waals surface area contributed by atoms with Crippen molar-refractivity contribution in [2.45, 2.75) is 84.1 Å². The first-order valence-corrected chi connectivity index (χ1v) is 8.08. The number of rotatable bonds is 5. The molecule has 1 amide bonds. The monoisotopic (exact) mass is 300 g/mol. The van der Waals surface area contributed by atoms with Gasteiger partial charge in [0.15, 0.2) is 0 Å². The summed E-state index contributed by atoms with van der Waals surface area (Å²) in [5.74, 6) is 0.261. The number of hydrogen-bond donors (Lipinski definition) is 3. The predicted molar refractivity (Wildman–Crippen MR) is 84.3 cm³/mol. The van der Waals surface area contributed by atoms with Crippen molar-refractivity contribution in [1.82, 2.24) is 10.6 Å². The molecule has 5 nitrogen and oxygen atoms in total. The van der Waals surface area contributed by atoms with Crippen molar-refractivity contribution in [2.75, 3.05) is 6.54 Å². The lowest BCUT2D eigenvalue weighted by Crippen LogP contribution is -2.47. The second-order valence-electron chi connectivity index (χ2n) is 7.43. The van der Waals surface area contributed by atoms with Gasteiger partial charge < -0.3 is 20.5 Å². The van der Waals surface area contributed by atoms with Crippen molar-refractivity contribution >= 4 is 6.09 Å². The first-order valence-electron chi connectivity index (χ1n) is 8.08. The third-order valence-corrected chi connectivity index (χ3v) is 3.78. The molecule has 0 aromatic rings. The number of ether oxygens (including phenoxy) is 1. The van der Waals surface area contributed by atoms with Crippen LogP contribution in [0.5, 0.6) is 0 Å². The average molecular weight is 300 g/mol. The average Bonchev–Trinajstić information content (AvgIpc) is 2.33. The second kappa shape index (κ2) is 7.99. The topological polar surface area (TPSA) is 70.6 Å². The van der Waals surface area contributed by atoms with Crippen LogP contribution in [0, 0.1) is 5.92 Å². The standard InChI is InChI=1S/C16H32N2O3/c1-11(2)14(19)10-17-12-7-6-8-13(9-12)18-15(20)21-16(3,4)5/h11-14,17,19H,6-10H2,1-5H3,(H,18,20). The molecule has 0 heterocycles. The van der Waals surface area contributed by atoms with Gasteiger partial charge >= 0.3 is 6.09 Å². The lowest BCUT2D eigenvalue weighted by molar-refractivity contribution is 0.0486. The highest BCUT2D eigenvalue weighted by atomic mass is 16.6. The Balaban J connectivity index is 2.33. The predicted octanol–water partition coefficient (Wildman–Crippen LogP) is 2.43. The molecule has 5 heteroatoms. The highest BCUT2D eigenvalue weighted by Crippen LogP contribution is 2.19. The minimum absolute atomic E-state index is 0.155. The second-order valence-corrected chi connectivity index (χ2v) is 7.43. The quantitative estimate of drug-likeness (QED) is 0.729. The summed E-state index contributed by atoms with van der Waals surface area (Å²) in [7, 11) is 0. The third-order valence-electron chi connectivity index (χ3n) is 3.78. The molecule has 1 saturated carbocycles. The molecule has 0 aromatic heterocycles. The van der Waals surface area contributed by atoms with Gasteiger partial charge in [-0.3, -0.25) is 0 Å². The van der Waals surface area contributed by atoms with Crippen LogP contribution in [0.2, 0.25) is 0 Å². The molecule has 3 unspecified atom stereocenters. The zero-order chi connectivity index (χ0) is 16.0. The van der Waals surface area contributed by atoms with Crippen molar-refractivity contribution in [1.29, 1.82) is 0 Å². The molecule has 0 aromatic carbocycles. The third kappa shape index (κ3) is 7.67. The summed E-state index contributed by atoms with van der Waals surface area (Å²) in [5, 5.41) is 16.2. The fourth-order valence-corrected chi connectivity index (χ4v) is 2.50. The molecule has 0 spiro atoms. The Morgan fingerprint density at radius 2 is 1.90 bits per heavy atom. The van der Waals surface area contributed by atoms with E-state index in [0.717, 1.165) is 25.7 Å². The number of nitrogens with one attached hydrogen (secondary N) is 2. The molecule has 0 aliphatic heterocycles. The Bertz CT molecular complexity index is 326. The molecule has 1 fully saturated rings. The molecule has 1 aliphatic carbocycles. The van der Waals surface area contributed by atoms with E-state index in [0.29, 0.717) is 12.6 Å². The van der Waals surface area contributed by atoms with E-state index in [-0.39, 0.29) is 24.2 Å². The summed E-state index contributed by atoms with van der Waals surface area (Å²) in [6, 6.07) is 0.509. The Kier molecular flexibility index (Phi) is 6.94. The van der Waals surface area contributed by atoms with Crippen molar-refractivity contribution in [2.24, 2.45) is 5.92 Å². The fourth-order valence-electron chi connectivity index (χ4n) is 2.50. The van der Waals surface area contributed by atoms with E-state index in [1.807, 2.05) is 34.6 Å². The molecular weight excluding hydrogens is 268 g/mol. The number of aliphatic hydroxyl groups excluding tert-OH is 1. The molecule has 3 N–H and O–H groups in total. The molecule has 0 saturated heterocycles. The Morgan fingerprint density at radius 3 is 2.48 bits per heavy atom. The smallest absolute Gasteiger partial charge is 0.407 e. The van der Waals surface area contributed by atoms with Crippen LogP contribution < -0.4 is 10.6 Å². The van der Waals surface area contributed by atoms with Gasteiger partial charge in [0.05, 0.1) is 6.10 Å². The number of carbonyl (C=O) groups is 1. The van der Waals surface area contributed by atoms with E-state index in [1.165, 1.54) is 0 Å². The maximum Gasteiger partial charge on any atom is 0.407 e. The largest absolute Gasteiger partial charge is 0.444 e. The first kappa shape index (κ1) is 18.2. The molecule has 1 rings (SSSR count). The normalized spacial score (nSPS) is 24.7. The van der Waals surface area contributed by atoms with Gasteiger partial charge in [-0.15, -0.1) is 0 Å². The zero-order valence-electron chi connectivity index (χ0n) is 14.1. The van der Waals surface area contributed by atoms with Crippen LogP contribution in [-0.2, 0) is 4.74 Å². The maximum atomic E-state index is 11.8. The molecule has 0 radical (unpaired) electrons. The van der Waals surface area contributed by atoms with Gasteiger partial charge in [0.25, 0.3) is 0 Å². The van der Waals surface area contributed by atoms with Gasteiger partial charge in [0, 0.05) is 18.6 Å². The van der Waals surface area contributed by atoms with E-state index in [1.54, 1.807) is 0 Å². The van der Waals surface area contributed by atoms with Crippen LogP contribution in [0.25, 0.3) is 0 Å². The number of amides is 1. The van der Waals surface area contributed by atoms with Gasteiger partial charge in [0.1, 0.15) is 5.60 Å². The van der Waals surface area contributed by atoms with Crippen LogP contribution in [0.4, 0.5) is 4.79 Å². The van der Waals surface area contributed by atoms with Crippen LogP contribution in [0.1, 0.15) is 60.3 Å². The minimum Gasteiger partial charge on any atom is -0.444 e. The SMILES string of the molecule is CC(C)C(O)CNC1CCCC(NC(=O)OC(C)(C)C)C1. The number of hydrogen-bond acceptors (Lipinski definition) is 4. The molecule has 124 valence electrons. The van der Waals surface area contributed by atoms with Gasteiger partial charge in [0.2, 0.25) is 0 Å². The lowest BCUT2D eigenvalue weighted by atomic mass is 9.91. The van der Waals surface area contributed by atoms with Crippen molar-refractivity contribution < 1.29 is 14.6 Å².